The minimum Gasteiger partial charge on any atom is -0.379 e. The number of morpholine rings is 1. The van der Waals surface area contributed by atoms with Gasteiger partial charge >= 0.3 is 0 Å². The van der Waals surface area contributed by atoms with Gasteiger partial charge < -0.3 is 14.2 Å². The molecule has 6 nitrogen and oxygen atoms in total. The van der Waals surface area contributed by atoms with Crippen LogP contribution in [0.15, 0.2) is 10.6 Å². The number of likely N-dealkylation sites (tertiary alicyclic amines) is 1. The van der Waals surface area contributed by atoms with Crippen LogP contribution in [0.1, 0.15) is 49.4 Å². The van der Waals surface area contributed by atoms with Crippen molar-refractivity contribution in [3.8, 4) is 0 Å². The van der Waals surface area contributed by atoms with Crippen LogP contribution >= 0.6 is 0 Å². The molecule has 128 valence electrons. The Bertz CT molecular complexity index is 539. The van der Waals surface area contributed by atoms with Crippen LogP contribution < -0.4 is 0 Å². The maximum atomic E-state index is 12.7. The molecule has 0 N–H and O–H groups in total. The Hall–Kier alpha value is -1.40. The van der Waals surface area contributed by atoms with E-state index in [1.165, 1.54) is 0 Å². The predicted octanol–water partition coefficient (Wildman–Crippen LogP) is 1.98. The molecule has 3 atom stereocenters. The predicted molar refractivity (Wildman–Crippen MR) is 86.5 cm³/mol. The van der Waals surface area contributed by atoms with Crippen molar-refractivity contribution in [2.24, 2.45) is 5.92 Å². The molecule has 2 aliphatic heterocycles. The molecule has 23 heavy (non-hydrogen) atoms. The summed E-state index contributed by atoms with van der Waals surface area (Å²) in [6.45, 7) is 11.5. The second-order valence-corrected chi connectivity index (χ2v) is 6.83. The van der Waals surface area contributed by atoms with Crippen molar-refractivity contribution in [3.63, 3.8) is 0 Å². The number of ether oxygens (including phenoxy) is 1. The van der Waals surface area contributed by atoms with Crippen LogP contribution in [-0.2, 0) is 4.74 Å². The first kappa shape index (κ1) is 16.5. The largest absolute Gasteiger partial charge is 0.379 e. The topological polar surface area (TPSA) is 58.8 Å². The van der Waals surface area contributed by atoms with E-state index in [9.17, 15) is 4.79 Å². The molecular weight excluding hydrogens is 294 g/mol. The third-order valence-corrected chi connectivity index (χ3v) is 5.23. The number of carbonyl (C=O) groups is 1. The van der Waals surface area contributed by atoms with Gasteiger partial charge in [-0.05, 0) is 12.3 Å². The summed E-state index contributed by atoms with van der Waals surface area (Å²) in [5.41, 5.74) is 0.868. The zero-order valence-corrected chi connectivity index (χ0v) is 14.3. The fourth-order valence-corrected chi connectivity index (χ4v) is 3.49. The molecule has 3 heterocycles. The Balaban J connectivity index is 1.65. The van der Waals surface area contributed by atoms with Gasteiger partial charge in [0.15, 0.2) is 0 Å². The summed E-state index contributed by atoms with van der Waals surface area (Å²) in [6.07, 6.45) is 0.986. The average Bonchev–Trinajstić information content (AvgIpc) is 3.21. The lowest BCUT2D eigenvalue weighted by atomic mass is 10.0. The average molecular weight is 321 g/mol. The van der Waals surface area contributed by atoms with Crippen LogP contribution in [0.2, 0.25) is 0 Å². The highest BCUT2D eigenvalue weighted by Gasteiger charge is 2.37. The number of carbonyl (C=O) groups excluding carboxylic acids is 1. The van der Waals surface area contributed by atoms with Gasteiger partial charge in [-0.1, -0.05) is 25.9 Å². The normalized spacial score (nSPS) is 27.3. The highest BCUT2D eigenvalue weighted by Crippen LogP contribution is 2.25. The van der Waals surface area contributed by atoms with E-state index in [2.05, 4.69) is 30.8 Å². The van der Waals surface area contributed by atoms with Gasteiger partial charge in [-0.3, -0.25) is 9.69 Å². The number of hydrogen-bond acceptors (Lipinski definition) is 5. The molecule has 3 rings (SSSR count). The van der Waals surface area contributed by atoms with E-state index in [0.29, 0.717) is 23.6 Å². The van der Waals surface area contributed by atoms with Crippen LogP contribution in [0.3, 0.4) is 0 Å². The van der Waals surface area contributed by atoms with E-state index in [-0.39, 0.29) is 5.91 Å². The first-order chi connectivity index (χ1) is 11.1. The third kappa shape index (κ3) is 3.43. The number of aromatic nitrogens is 1. The fourth-order valence-electron chi connectivity index (χ4n) is 3.49. The minimum absolute atomic E-state index is 0.0327. The van der Waals surface area contributed by atoms with Crippen molar-refractivity contribution >= 4 is 5.91 Å². The molecule has 0 aliphatic carbocycles. The minimum atomic E-state index is -0.0327. The maximum absolute atomic E-state index is 12.7. The second kappa shape index (κ2) is 7.01. The lowest BCUT2D eigenvalue weighted by molar-refractivity contribution is 0.0118. The molecule has 0 unspecified atom stereocenters. The van der Waals surface area contributed by atoms with Crippen LogP contribution in [-0.4, -0.2) is 66.3 Å². The fraction of sp³-hybridized carbons (Fsp3) is 0.765. The van der Waals surface area contributed by atoms with Gasteiger partial charge in [-0.15, -0.1) is 0 Å². The zero-order valence-electron chi connectivity index (χ0n) is 14.3. The van der Waals surface area contributed by atoms with Crippen LogP contribution in [0, 0.1) is 5.92 Å². The lowest BCUT2D eigenvalue weighted by Gasteiger charge is -2.33. The van der Waals surface area contributed by atoms with Crippen LogP contribution in [0.4, 0.5) is 0 Å². The van der Waals surface area contributed by atoms with Crippen molar-refractivity contribution in [2.45, 2.75) is 39.2 Å². The smallest absolute Gasteiger partial charge is 0.292 e. The number of rotatable bonds is 4. The maximum Gasteiger partial charge on any atom is 0.292 e. The quantitative estimate of drug-likeness (QED) is 0.849. The Labute approximate surface area is 137 Å². The third-order valence-electron chi connectivity index (χ3n) is 5.23. The molecule has 6 heteroatoms. The molecule has 2 saturated heterocycles. The summed E-state index contributed by atoms with van der Waals surface area (Å²) in [4.78, 5) is 17.1. The van der Waals surface area contributed by atoms with Crippen LogP contribution in [0.25, 0.3) is 0 Å². The highest BCUT2D eigenvalue weighted by atomic mass is 16.5. The summed E-state index contributed by atoms with van der Waals surface area (Å²) in [6, 6.07) is 2.23. The van der Waals surface area contributed by atoms with E-state index in [0.717, 1.165) is 51.5 Å². The highest BCUT2D eigenvalue weighted by molar-refractivity contribution is 5.91. The summed E-state index contributed by atoms with van der Waals surface area (Å²) >= 11 is 0. The SMILES string of the molecule is CC[C@H](C)c1cc(C(=O)N2C[C@H](C)[C@@H](N3CCOCC3)C2)on1. The Morgan fingerprint density at radius 3 is 2.83 bits per heavy atom. The van der Waals surface area contributed by atoms with Gasteiger partial charge in [0, 0.05) is 44.2 Å². The van der Waals surface area contributed by atoms with Gasteiger partial charge in [0.2, 0.25) is 5.76 Å². The molecule has 0 radical (unpaired) electrons. The standard InChI is InChI=1S/C17H27N3O3/c1-4-12(2)14-9-16(23-18-14)17(21)20-10-13(3)15(11-20)19-5-7-22-8-6-19/h9,12-13,15H,4-8,10-11H2,1-3H3/t12-,13-,15-/m0/s1. The van der Waals surface area contributed by atoms with Gasteiger partial charge in [0.25, 0.3) is 5.91 Å². The molecule has 0 saturated carbocycles. The summed E-state index contributed by atoms with van der Waals surface area (Å²) in [5, 5.41) is 4.06. The van der Waals surface area contributed by atoms with E-state index in [1.807, 2.05) is 11.0 Å². The van der Waals surface area contributed by atoms with E-state index in [1.54, 1.807) is 0 Å². The summed E-state index contributed by atoms with van der Waals surface area (Å²) < 4.78 is 10.7. The second-order valence-electron chi connectivity index (χ2n) is 6.83. The molecule has 2 aliphatic rings. The molecule has 0 bridgehead atoms. The van der Waals surface area contributed by atoms with Crippen LogP contribution in [0.5, 0.6) is 0 Å². The number of amides is 1. The Morgan fingerprint density at radius 2 is 2.13 bits per heavy atom. The number of hydrogen-bond donors (Lipinski definition) is 0. The summed E-state index contributed by atoms with van der Waals surface area (Å²) in [7, 11) is 0. The lowest BCUT2D eigenvalue weighted by Crippen LogP contribution is -2.47. The van der Waals surface area contributed by atoms with Crippen molar-refractivity contribution in [1.82, 2.24) is 15.0 Å². The monoisotopic (exact) mass is 321 g/mol. The van der Waals surface area contributed by atoms with Crippen molar-refractivity contribution in [3.05, 3.63) is 17.5 Å². The molecule has 0 spiro atoms. The summed E-state index contributed by atoms with van der Waals surface area (Å²) in [5.74, 6) is 1.12. The molecule has 1 aromatic rings. The number of nitrogens with zero attached hydrogens (tertiary/aromatic N) is 3. The van der Waals surface area contributed by atoms with Crippen molar-refractivity contribution < 1.29 is 14.1 Å². The van der Waals surface area contributed by atoms with Gasteiger partial charge in [-0.2, -0.15) is 0 Å². The van der Waals surface area contributed by atoms with Gasteiger partial charge in [0.1, 0.15) is 0 Å². The molecular formula is C17H27N3O3. The van der Waals surface area contributed by atoms with Crippen molar-refractivity contribution in [2.75, 3.05) is 39.4 Å². The first-order valence-corrected chi connectivity index (χ1v) is 8.67. The van der Waals surface area contributed by atoms with E-state index in [4.69, 9.17) is 9.26 Å². The molecule has 1 amide bonds. The van der Waals surface area contributed by atoms with Gasteiger partial charge in [-0.25, -0.2) is 0 Å². The first-order valence-electron chi connectivity index (χ1n) is 8.67. The molecule has 0 aromatic carbocycles. The zero-order chi connectivity index (χ0) is 16.4. The Kier molecular flexibility index (Phi) is 5.02. The molecule has 2 fully saturated rings. The van der Waals surface area contributed by atoms with E-state index >= 15 is 0 Å². The van der Waals surface area contributed by atoms with Crippen molar-refractivity contribution in [1.29, 1.82) is 0 Å². The molecule has 1 aromatic heterocycles. The van der Waals surface area contributed by atoms with E-state index < -0.39 is 0 Å². The Morgan fingerprint density at radius 1 is 1.39 bits per heavy atom. The van der Waals surface area contributed by atoms with Gasteiger partial charge in [0.05, 0.1) is 18.9 Å².